The number of rotatable bonds is 4. The first-order valence-electron chi connectivity index (χ1n) is 8.16. The predicted octanol–water partition coefficient (Wildman–Crippen LogP) is -0.0376. The van der Waals surface area contributed by atoms with Crippen LogP contribution < -0.4 is 4.90 Å². The van der Waals surface area contributed by atoms with E-state index in [1.165, 1.54) is 6.33 Å². The summed E-state index contributed by atoms with van der Waals surface area (Å²) >= 11 is 0. The molecular formula is C15H22N4O4S. The van der Waals surface area contributed by atoms with Crippen LogP contribution in [0, 0.1) is 0 Å². The average molecular weight is 354 g/mol. The molecule has 0 aliphatic carbocycles. The number of anilines is 1. The molecule has 1 atom stereocenters. The Morgan fingerprint density at radius 2 is 2.12 bits per heavy atom. The lowest BCUT2D eigenvalue weighted by molar-refractivity contribution is 0.0702. The summed E-state index contributed by atoms with van der Waals surface area (Å²) in [5.74, 6) is 0.640. The number of hydrogen-bond acceptors (Lipinski definition) is 7. The minimum absolute atomic E-state index is 0.0357. The maximum absolute atomic E-state index is 12.8. The van der Waals surface area contributed by atoms with Gasteiger partial charge in [-0.2, -0.15) is 0 Å². The van der Waals surface area contributed by atoms with Crippen LogP contribution >= 0.6 is 0 Å². The van der Waals surface area contributed by atoms with Crippen molar-refractivity contribution in [2.75, 3.05) is 49.3 Å². The van der Waals surface area contributed by atoms with E-state index in [-0.39, 0.29) is 23.5 Å². The van der Waals surface area contributed by atoms with Gasteiger partial charge in [-0.25, -0.2) is 18.4 Å². The summed E-state index contributed by atoms with van der Waals surface area (Å²) < 4.78 is 28.7. The third-order valence-electron chi connectivity index (χ3n) is 4.46. The van der Waals surface area contributed by atoms with E-state index in [2.05, 4.69) is 14.9 Å². The number of amides is 1. The van der Waals surface area contributed by atoms with Crippen molar-refractivity contribution >= 4 is 21.6 Å². The molecule has 9 heteroatoms. The van der Waals surface area contributed by atoms with Crippen LogP contribution in [0.15, 0.2) is 12.4 Å². The summed E-state index contributed by atoms with van der Waals surface area (Å²) in [6.07, 6.45) is 1.88. The second-order valence-corrected chi connectivity index (χ2v) is 8.24. The number of hydrogen-bond donors (Lipinski definition) is 0. The average Bonchev–Trinajstić information content (AvgIpc) is 2.96. The molecule has 0 saturated carbocycles. The van der Waals surface area contributed by atoms with E-state index in [1.54, 1.807) is 11.0 Å². The van der Waals surface area contributed by atoms with Gasteiger partial charge in [0, 0.05) is 31.7 Å². The molecule has 2 aliphatic heterocycles. The monoisotopic (exact) mass is 354 g/mol. The summed E-state index contributed by atoms with van der Waals surface area (Å²) in [7, 11) is -3.04. The van der Waals surface area contributed by atoms with Crippen molar-refractivity contribution in [2.24, 2.45) is 0 Å². The van der Waals surface area contributed by atoms with Crippen LogP contribution in [0.2, 0.25) is 0 Å². The van der Waals surface area contributed by atoms with Crippen LogP contribution in [0.4, 0.5) is 5.82 Å². The van der Waals surface area contributed by atoms with Gasteiger partial charge >= 0.3 is 0 Å². The maximum Gasteiger partial charge on any atom is 0.272 e. The zero-order valence-corrected chi connectivity index (χ0v) is 14.5. The Balaban J connectivity index is 1.78. The Hall–Kier alpha value is -1.74. The molecule has 0 radical (unpaired) electrons. The second kappa shape index (κ2) is 7.02. The Labute approximate surface area is 141 Å². The van der Waals surface area contributed by atoms with Crippen LogP contribution in [0.3, 0.4) is 0 Å². The maximum atomic E-state index is 12.8. The third-order valence-corrected chi connectivity index (χ3v) is 6.21. The summed E-state index contributed by atoms with van der Waals surface area (Å²) in [6.45, 7) is 5.03. The number of ether oxygens (including phenoxy) is 1. The second-order valence-electron chi connectivity index (χ2n) is 6.01. The lowest BCUT2D eigenvalue weighted by Gasteiger charge is -2.29. The molecule has 0 N–H and O–H groups in total. The van der Waals surface area contributed by atoms with E-state index < -0.39 is 9.84 Å². The van der Waals surface area contributed by atoms with Gasteiger partial charge in [-0.15, -0.1) is 0 Å². The van der Waals surface area contributed by atoms with Crippen molar-refractivity contribution in [3.8, 4) is 0 Å². The van der Waals surface area contributed by atoms with Crippen molar-refractivity contribution < 1.29 is 17.9 Å². The lowest BCUT2D eigenvalue weighted by Crippen LogP contribution is -2.41. The van der Waals surface area contributed by atoms with E-state index in [0.717, 1.165) is 13.1 Å². The highest BCUT2D eigenvalue weighted by molar-refractivity contribution is 7.91. The summed E-state index contributed by atoms with van der Waals surface area (Å²) in [5.41, 5.74) is 0.303. The lowest BCUT2D eigenvalue weighted by atomic mass is 10.2. The summed E-state index contributed by atoms with van der Waals surface area (Å²) in [6, 6.07) is 1.41. The summed E-state index contributed by atoms with van der Waals surface area (Å²) in [4.78, 5) is 24.8. The highest BCUT2D eigenvalue weighted by Gasteiger charge is 2.34. The van der Waals surface area contributed by atoms with Gasteiger partial charge in [-0.1, -0.05) is 0 Å². The quantitative estimate of drug-likeness (QED) is 0.749. The standard InChI is InChI=1S/C15H22N4O4S/c1-2-19(12-3-8-24(21,22)10-12)15(20)13-9-14(17-11-16-13)18-4-6-23-7-5-18/h9,11-12H,2-8,10H2,1H3. The van der Waals surface area contributed by atoms with Crippen LogP contribution in [-0.2, 0) is 14.6 Å². The van der Waals surface area contributed by atoms with Crippen molar-refractivity contribution in [3.63, 3.8) is 0 Å². The highest BCUT2D eigenvalue weighted by Crippen LogP contribution is 2.20. The zero-order chi connectivity index (χ0) is 17.2. The molecule has 3 rings (SSSR count). The first kappa shape index (κ1) is 17.1. The van der Waals surface area contributed by atoms with E-state index >= 15 is 0 Å². The number of aromatic nitrogens is 2. The van der Waals surface area contributed by atoms with Crippen molar-refractivity contribution in [2.45, 2.75) is 19.4 Å². The Morgan fingerprint density at radius 3 is 2.75 bits per heavy atom. The SMILES string of the molecule is CCN(C(=O)c1cc(N2CCOCC2)ncn1)C1CCS(=O)(=O)C1. The smallest absolute Gasteiger partial charge is 0.272 e. The number of carbonyl (C=O) groups is 1. The Morgan fingerprint density at radius 1 is 1.38 bits per heavy atom. The minimum atomic E-state index is -3.04. The zero-order valence-electron chi connectivity index (χ0n) is 13.7. The molecule has 2 aliphatic rings. The third kappa shape index (κ3) is 3.67. The number of morpholine rings is 1. The van der Waals surface area contributed by atoms with Gasteiger partial charge in [0.25, 0.3) is 5.91 Å². The topological polar surface area (TPSA) is 92.7 Å². The Bertz CT molecular complexity index is 703. The fourth-order valence-corrected chi connectivity index (χ4v) is 4.90. The Kier molecular flexibility index (Phi) is 5.00. The molecule has 1 amide bonds. The van der Waals surface area contributed by atoms with Crippen molar-refractivity contribution in [1.29, 1.82) is 0 Å². The van der Waals surface area contributed by atoms with Gasteiger partial charge < -0.3 is 14.5 Å². The van der Waals surface area contributed by atoms with Crippen molar-refractivity contribution in [3.05, 3.63) is 18.1 Å². The molecule has 132 valence electrons. The normalized spacial score (nSPS) is 23.2. The first-order valence-corrected chi connectivity index (χ1v) is 9.98. The molecule has 3 heterocycles. The van der Waals surface area contributed by atoms with Crippen LogP contribution in [0.1, 0.15) is 23.8 Å². The molecule has 1 aromatic heterocycles. The fraction of sp³-hybridized carbons (Fsp3) is 0.667. The van der Waals surface area contributed by atoms with Crippen molar-refractivity contribution in [1.82, 2.24) is 14.9 Å². The number of sulfone groups is 1. The fourth-order valence-electron chi connectivity index (χ4n) is 3.17. The highest BCUT2D eigenvalue weighted by atomic mass is 32.2. The first-order chi connectivity index (χ1) is 11.5. The molecule has 1 aromatic rings. The molecule has 0 spiro atoms. The molecule has 0 bridgehead atoms. The van der Waals surface area contributed by atoms with Gasteiger partial charge in [0.1, 0.15) is 17.8 Å². The van der Waals surface area contributed by atoms with Crippen LogP contribution in [-0.4, -0.2) is 79.6 Å². The predicted molar refractivity (Wildman–Crippen MR) is 88.8 cm³/mol. The van der Waals surface area contributed by atoms with Gasteiger partial charge in [-0.05, 0) is 13.3 Å². The van der Waals surface area contributed by atoms with Gasteiger partial charge in [-0.3, -0.25) is 4.79 Å². The van der Waals surface area contributed by atoms with E-state index in [1.807, 2.05) is 6.92 Å². The molecule has 2 fully saturated rings. The van der Waals surface area contributed by atoms with Gasteiger partial charge in [0.05, 0.1) is 24.7 Å². The molecular weight excluding hydrogens is 332 g/mol. The molecule has 0 aromatic carbocycles. The summed E-state index contributed by atoms with van der Waals surface area (Å²) in [5, 5.41) is 0. The minimum Gasteiger partial charge on any atom is -0.378 e. The molecule has 1 unspecified atom stereocenters. The molecule has 2 saturated heterocycles. The number of nitrogens with zero attached hydrogens (tertiary/aromatic N) is 4. The van der Waals surface area contributed by atoms with Gasteiger partial charge in [0.2, 0.25) is 0 Å². The van der Waals surface area contributed by atoms with Crippen LogP contribution in [0.25, 0.3) is 0 Å². The van der Waals surface area contributed by atoms with Gasteiger partial charge in [0.15, 0.2) is 9.84 Å². The van der Waals surface area contributed by atoms with E-state index in [9.17, 15) is 13.2 Å². The van der Waals surface area contributed by atoms with E-state index in [0.29, 0.717) is 37.7 Å². The van der Waals surface area contributed by atoms with E-state index in [4.69, 9.17) is 4.74 Å². The van der Waals surface area contributed by atoms with Crippen LogP contribution in [0.5, 0.6) is 0 Å². The largest absolute Gasteiger partial charge is 0.378 e. The number of carbonyl (C=O) groups excluding carboxylic acids is 1. The molecule has 8 nitrogen and oxygen atoms in total. The molecule has 24 heavy (non-hydrogen) atoms.